The van der Waals surface area contributed by atoms with Crippen molar-refractivity contribution in [1.29, 1.82) is 0 Å². The van der Waals surface area contributed by atoms with Gasteiger partial charge in [-0.1, -0.05) is 0 Å². The molecular weight excluding hydrogens is 206 g/mol. The third-order valence-corrected chi connectivity index (χ3v) is 1.99. The van der Waals surface area contributed by atoms with Gasteiger partial charge in [0.1, 0.15) is 0 Å². The summed E-state index contributed by atoms with van der Waals surface area (Å²) in [4.78, 5) is 10.6. The molecule has 0 spiro atoms. The molecule has 0 saturated heterocycles. The molecule has 0 aromatic heterocycles. The van der Waals surface area contributed by atoms with Crippen LogP contribution in [0.2, 0.25) is 0 Å². The second-order valence-corrected chi connectivity index (χ2v) is 4.88. The van der Waals surface area contributed by atoms with E-state index >= 15 is 0 Å². The monoisotopic (exact) mass is 213 g/mol. The van der Waals surface area contributed by atoms with Crippen molar-refractivity contribution in [3.05, 3.63) is 0 Å². The fraction of sp³-hybridized carbons (Fsp3) is 0.800. The zero-order chi connectivity index (χ0) is 9.19. The molecule has 1 aliphatic carbocycles. The zero-order valence-corrected chi connectivity index (χ0v) is 7.69. The molecule has 0 aromatic carbocycles. The number of carbonyl (C=O) groups excluding carboxylic acids is 1. The van der Waals surface area contributed by atoms with E-state index in [1.165, 1.54) is 4.72 Å². The molecule has 0 aliphatic heterocycles. The lowest BCUT2D eigenvalue weighted by atomic mass is 10.5. The highest BCUT2D eigenvalue weighted by Crippen LogP contribution is 2.28. The van der Waals surface area contributed by atoms with Gasteiger partial charge in [0.05, 0.1) is 6.61 Å². The number of ether oxygens (including phenoxy) is 1. The van der Waals surface area contributed by atoms with Crippen LogP contribution < -0.4 is 4.72 Å². The molecule has 0 unspecified atom stereocenters. The minimum absolute atomic E-state index is 0.262. The molecule has 1 aliphatic rings. The summed E-state index contributed by atoms with van der Waals surface area (Å²) in [6.07, 6.45) is 1.04. The van der Waals surface area contributed by atoms with E-state index in [2.05, 4.69) is 4.74 Å². The molecule has 0 heterocycles. The van der Waals surface area contributed by atoms with Crippen LogP contribution in [0.1, 0.15) is 12.8 Å². The van der Waals surface area contributed by atoms with Gasteiger partial charge in [-0.15, -0.1) is 0 Å². The van der Waals surface area contributed by atoms with Gasteiger partial charge in [-0.25, -0.2) is 9.52 Å². The van der Waals surface area contributed by atoms with Crippen molar-refractivity contribution >= 4 is 26.0 Å². The standard InChI is InChI=1S/C5H8ClNO4S/c6-12(9,10)7-5(8)11-3-4-1-2-4/h4H,1-3H2,(H,7,8). The Morgan fingerprint density at radius 3 is 2.58 bits per heavy atom. The fourth-order valence-corrected chi connectivity index (χ4v) is 1.05. The van der Waals surface area contributed by atoms with Gasteiger partial charge in [0.15, 0.2) is 0 Å². The van der Waals surface area contributed by atoms with E-state index in [0.717, 1.165) is 12.8 Å². The maximum absolute atomic E-state index is 10.6. The number of hydrogen-bond acceptors (Lipinski definition) is 4. The summed E-state index contributed by atoms with van der Waals surface area (Å²) in [5.41, 5.74) is 0. The van der Waals surface area contributed by atoms with Crippen molar-refractivity contribution in [2.45, 2.75) is 12.8 Å². The highest BCUT2D eigenvalue weighted by Gasteiger charge is 2.23. The van der Waals surface area contributed by atoms with Crippen LogP contribution in [0.4, 0.5) is 4.79 Å². The lowest BCUT2D eigenvalue weighted by Crippen LogP contribution is -2.27. The average molecular weight is 214 g/mol. The molecule has 12 heavy (non-hydrogen) atoms. The smallest absolute Gasteiger partial charge is 0.421 e. The average Bonchev–Trinajstić information content (AvgIpc) is 2.61. The Hall–Kier alpha value is -0.490. The molecular formula is C5H8ClNO4S. The first kappa shape index (κ1) is 9.60. The third-order valence-electron chi connectivity index (χ3n) is 1.35. The van der Waals surface area contributed by atoms with E-state index in [4.69, 9.17) is 10.7 Å². The predicted octanol–water partition coefficient (Wildman–Crippen LogP) is 0.606. The van der Waals surface area contributed by atoms with Crippen molar-refractivity contribution < 1.29 is 17.9 Å². The molecule has 7 heteroatoms. The molecule has 1 fully saturated rings. The topological polar surface area (TPSA) is 72.5 Å². The molecule has 70 valence electrons. The van der Waals surface area contributed by atoms with Crippen LogP contribution >= 0.6 is 10.7 Å². The molecule has 5 nitrogen and oxygen atoms in total. The van der Waals surface area contributed by atoms with Gasteiger partial charge in [0.25, 0.3) is 0 Å². The van der Waals surface area contributed by atoms with Crippen LogP contribution in [0.3, 0.4) is 0 Å². The van der Waals surface area contributed by atoms with E-state index in [-0.39, 0.29) is 6.61 Å². The van der Waals surface area contributed by atoms with Gasteiger partial charge < -0.3 is 4.74 Å². The Labute approximate surface area is 74.6 Å². The molecule has 1 N–H and O–H groups in total. The molecule has 0 bridgehead atoms. The van der Waals surface area contributed by atoms with E-state index in [9.17, 15) is 13.2 Å². The van der Waals surface area contributed by atoms with Gasteiger partial charge in [-0.2, -0.15) is 8.42 Å². The Bertz CT molecular complexity index is 271. The van der Waals surface area contributed by atoms with Crippen molar-refractivity contribution in [1.82, 2.24) is 4.72 Å². The lowest BCUT2D eigenvalue weighted by Gasteiger charge is -2.01. The number of carbonyl (C=O) groups is 1. The summed E-state index contributed by atoms with van der Waals surface area (Å²) >= 11 is 0. The SMILES string of the molecule is O=C(NS(=O)(=O)Cl)OCC1CC1. The number of hydrogen-bond donors (Lipinski definition) is 1. The Morgan fingerprint density at radius 2 is 2.17 bits per heavy atom. The van der Waals surface area contributed by atoms with Crippen LogP contribution in [-0.4, -0.2) is 21.1 Å². The summed E-state index contributed by atoms with van der Waals surface area (Å²) < 4.78 is 26.5. The zero-order valence-electron chi connectivity index (χ0n) is 6.12. The van der Waals surface area contributed by atoms with Crippen molar-refractivity contribution in [3.8, 4) is 0 Å². The summed E-state index contributed by atoms with van der Waals surface area (Å²) in [6, 6.07) is 0. The molecule has 0 aromatic rings. The first-order valence-electron chi connectivity index (χ1n) is 3.36. The van der Waals surface area contributed by atoms with Crippen LogP contribution in [0, 0.1) is 5.92 Å². The van der Waals surface area contributed by atoms with Crippen LogP contribution in [0.15, 0.2) is 0 Å². The number of nitrogens with one attached hydrogen (secondary N) is 1. The van der Waals surface area contributed by atoms with Gasteiger partial charge in [-0.05, 0) is 18.8 Å². The maximum Gasteiger partial charge on any atom is 0.421 e. The molecule has 1 saturated carbocycles. The maximum atomic E-state index is 10.6. The van der Waals surface area contributed by atoms with Crippen molar-refractivity contribution in [2.24, 2.45) is 5.92 Å². The minimum atomic E-state index is -4.00. The quantitative estimate of drug-likeness (QED) is 0.697. The number of rotatable bonds is 3. The highest BCUT2D eigenvalue weighted by molar-refractivity contribution is 8.12. The first-order chi connectivity index (χ1) is 5.47. The van der Waals surface area contributed by atoms with E-state index in [1.54, 1.807) is 0 Å². The lowest BCUT2D eigenvalue weighted by molar-refractivity contribution is 0.147. The fourth-order valence-electron chi connectivity index (χ4n) is 0.607. The molecule has 0 radical (unpaired) electrons. The second-order valence-electron chi connectivity index (χ2n) is 2.58. The largest absolute Gasteiger partial charge is 0.449 e. The van der Waals surface area contributed by atoms with Crippen LogP contribution in [0.25, 0.3) is 0 Å². The third kappa shape index (κ3) is 4.40. The van der Waals surface area contributed by atoms with Gasteiger partial charge >= 0.3 is 15.3 Å². The summed E-state index contributed by atoms with van der Waals surface area (Å²) in [7, 11) is 0.716. The summed E-state index contributed by atoms with van der Waals surface area (Å²) in [6.45, 7) is 0.262. The molecule has 1 amide bonds. The van der Waals surface area contributed by atoms with E-state index < -0.39 is 15.3 Å². The molecule has 0 atom stereocenters. The number of amides is 1. The van der Waals surface area contributed by atoms with Crippen molar-refractivity contribution in [3.63, 3.8) is 0 Å². The van der Waals surface area contributed by atoms with Crippen molar-refractivity contribution in [2.75, 3.05) is 6.61 Å². The van der Waals surface area contributed by atoms with Gasteiger partial charge in [0.2, 0.25) is 0 Å². The van der Waals surface area contributed by atoms with E-state index in [1.807, 2.05) is 0 Å². The second kappa shape index (κ2) is 3.49. The summed E-state index contributed by atoms with van der Waals surface area (Å²) in [5, 5.41) is 0. The Balaban J connectivity index is 2.19. The summed E-state index contributed by atoms with van der Waals surface area (Å²) in [5.74, 6) is 0.397. The van der Waals surface area contributed by atoms with Gasteiger partial charge in [0, 0.05) is 10.7 Å². The molecule has 1 rings (SSSR count). The normalized spacial score (nSPS) is 17.1. The highest BCUT2D eigenvalue weighted by atomic mass is 35.7. The van der Waals surface area contributed by atoms with E-state index in [0.29, 0.717) is 5.92 Å². The predicted molar refractivity (Wildman–Crippen MR) is 42.0 cm³/mol. The number of halogens is 1. The first-order valence-corrected chi connectivity index (χ1v) is 5.67. The van der Waals surface area contributed by atoms with Gasteiger partial charge in [-0.3, -0.25) is 0 Å². The minimum Gasteiger partial charge on any atom is -0.449 e. The van der Waals surface area contributed by atoms with Crippen LogP contribution in [-0.2, 0) is 14.0 Å². The Morgan fingerprint density at radius 1 is 1.58 bits per heavy atom. The Kier molecular flexibility index (Phi) is 2.79. The van der Waals surface area contributed by atoms with Crippen LogP contribution in [0.5, 0.6) is 0 Å².